The number of nitrogens with zero attached hydrogens (tertiary/aromatic N) is 1. The van der Waals surface area contributed by atoms with Crippen LogP contribution in [0.4, 0.5) is 19.3 Å². The van der Waals surface area contributed by atoms with Crippen molar-refractivity contribution < 1.29 is 18.3 Å². The van der Waals surface area contributed by atoms with E-state index >= 15 is 0 Å². The third-order valence-corrected chi connectivity index (χ3v) is 5.40. The number of urea groups is 1. The molecule has 9 heteroatoms. The van der Waals surface area contributed by atoms with Crippen molar-refractivity contribution in [3.05, 3.63) is 74.7 Å². The summed E-state index contributed by atoms with van der Waals surface area (Å²) in [5.41, 5.74) is 1.13. The second-order valence-corrected chi connectivity index (χ2v) is 7.32. The van der Waals surface area contributed by atoms with Crippen molar-refractivity contribution in [2.45, 2.75) is 19.6 Å². The van der Waals surface area contributed by atoms with Crippen LogP contribution in [0.15, 0.2) is 41.2 Å². The van der Waals surface area contributed by atoms with Gasteiger partial charge in [0.05, 0.1) is 24.3 Å². The number of amides is 2. The van der Waals surface area contributed by atoms with Crippen LogP contribution in [0, 0.1) is 11.6 Å². The van der Waals surface area contributed by atoms with E-state index in [9.17, 15) is 18.4 Å². The SMILES string of the molecule is CCN(C(=O)Nc1ccc(F)c(Cl)c1)[C@H]1COCc2[nH]c(=O)c3ccc(F)cc3c21. The quantitative estimate of drug-likeness (QED) is 0.634. The fraction of sp³-hybridized carbons (Fsp3) is 0.238. The zero-order valence-electron chi connectivity index (χ0n) is 16.0. The molecule has 0 radical (unpaired) electrons. The predicted molar refractivity (Wildman–Crippen MR) is 110 cm³/mol. The van der Waals surface area contributed by atoms with Crippen molar-refractivity contribution in [3.8, 4) is 0 Å². The summed E-state index contributed by atoms with van der Waals surface area (Å²) in [5.74, 6) is -1.07. The number of aromatic nitrogens is 1. The number of pyridine rings is 1. The maximum Gasteiger partial charge on any atom is 0.322 e. The van der Waals surface area contributed by atoms with Crippen molar-refractivity contribution in [2.75, 3.05) is 18.5 Å². The molecule has 3 aromatic rings. The van der Waals surface area contributed by atoms with E-state index in [-0.39, 0.29) is 23.8 Å². The van der Waals surface area contributed by atoms with Crippen LogP contribution in [0.3, 0.4) is 0 Å². The first-order valence-corrected chi connectivity index (χ1v) is 9.71. The molecule has 2 N–H and O–H groups in total. The van der Waals surface area contributed by atoms with Gasteiger partial charge >= 0.3 is 6.03 Å². The molecule has 2 heterocycles. The minimum atomic E-state index is -0.589. The van der Waals surface area contributed by atoms with Crippen LogP contribution >= 0.6 is 11.6 Å². The number of fused-ring (bicyclic) bond motifs is 3. The average molecular weight is 434 g/mol. The van der Waals surface area contributed by atoms with E-state index in [0.717, 1.165) is 6.07 Å². The molecule has 6 nitrogen and oxygen atoms in total. The summed E-state index contributed by atoms with van der Waals surface area (Å²) in [6.07, 6.45) is 0. The Bertz CT molecular complexity index is 1200. The van der Waals surface area contributed by atoms with Crippen LogP contribution < -0.4 is 10.9 Å². The van der Waals surface area contributed by atoms with Gasteiger partial charge in [-0.1, -0.05) is 11.6 Å². The molecule has 0 fully saturated rings. The summed E-state index contributed by atoms with van der Waals surface area (Å²) in [6.45, 7) is 2.43. The molecule has 156 valence electrons. The fourth-order valence-electron chi connectivity index (χ4n) is 3.74. The summed E-state index contributed by atoms with van der Waals surface area (Å²) in [4.78, 5) is 29.7. The van der Waals surface area contributed by atoms with Crippen LogP contribution in [0.5, 0.6) is 0 Å². The maximum absolute atomic E-state index is 14.0. The number of halogens is 3. The number of carbonyl (C=O) groups excluding carboxylic acids is 1. The van der Waals surface area contributed by atoms with Gasteiger partial charge in [0.15, 0.2) is 0 Å². The normalized spacial score (nSPS) is 15.7. The number of anilines is 1. The Labute approximate surface area is 175 Å². The number of benzene rings is 2. The molecule has 2 aromatic carbocycles. The molecule has 0 aliphatic carbocycles. The summed E-state index contributed by atoms with van der Waals surface area (Å²) in [6, 6.07) is 6.81. The lowest BCUT2D eigenvalue weighted by Crippen LogP contribution is -2.42. The molecule has 30 heavy (non-hydrogen) atoms. The van der Waals surface area contributed by atoms with Crippen LogP contribution in [0.2, 0.25) is 5.02 Å². The van der Waals surface area contributed by atoms with Crippen molar-refractivity contribution in [3.63, 3.8) is 0 Å². The van der Waals surface area contributed by atoms with E-state index in [1.807, 2.05) is 0 Å². The molecule has 0 bridgehead atoms. The zero-order valence-corrected chi connectivity index (χ0v) is 16.7. The highest BCUT2D eigenvalue weighted by molar-refractivity contribution is 6.31. The van der Waals surface area contributed by atoms with Crippen molar-refractivity contribution >= 4 is 34.1 Å². The molecule has 0 saturated carbocycles. The van der Waals surface area contributed by atoms with Crippen LogP contribution in [-0.4, -0.2) is 29.1 Å². The predicted octanol–water partition coefficient (Wildman–Crippen LogP) is 4.59. The smallest absolute Gasteiger partial charge is 0.322 e. The molecule has 0 spiro atoms. The molecular formula is C21H18ClF2N3O3. The lowest BCUT2D eigenvalue weighted by molar-refractivity contribution is 0.0471. The molecule has 0 unspecified atom stereocenters. The van der Waals surface area contributed by atoms with E-state index in [1.54, 1.807) is 6.92 Å². The Morgan fingerprint density at radius 3 is 2.80 bits per heavy atom. The lowest BCUT2D eigenvalue weighted by Gasteiger charge is -2.35. The second kappa shape index (κ2) is 8.04. The third kappa shape index (κ3) is 3.64. The Morgan fingerprint density at radius 2 is 2.07 bits per heavy atom. The van der Waals surface area contributed by atoms with Crippen LogP contribution in [0.25, 0.3) is 10.8 Å². The van der Waals surface area contributed by atoms with Gasteiger partial charge in [-0.2, -0.15) is 0 Å². The Hall–Kier alpha value is -2.97. The molecule has 4 rings (SSSR count). The highest BCUT2D eigenvalue weighted by atomic mass is 35.5. The van der Waals surface area contributed by atoms with Gasteiger partial charge in [-0.3, -0.25) is 4.79 Å². The van der Waals surface area contributed by atoms with E-state index < -0.39 is 23.7 Å². The highest BCUT2D eigenvalue weighted by Gasteiger charge is 2.32. The lowest BCUT2D eigenvalue weighted by atomic mass is 9.95. The summed E-state index contributed by atoms with van der Waals surface area (Å²) < 4.78 is 33.0. The first kappa shape index (κ1) is 20.3. The number of carbonyl (C=O) groups is 1. The molecular weight excluding hydrogens is 416 g/mol. The molecule has 1 atom stereocenters. The summed E-state index contributed by atoms with van der Waals surface area (Å²) in [5, 5.41) is 3.36. The standard InChI is InChI=1S/C21H18ClF2N3O3/c1-2-27(21(29)25-12-4-6-16(24)15(22)8-12)18-10-30-9-17-19(18)14-7-11(23)3-5-13(14)20(28)26-17/h3-8,18H,2,9-10H2,1H3,(H,25,29)(H,26,28)/t18-/m0/s1. The van der Waals surface area contributed by atoms with Gasteiger partial charge in [-0.05, 0) is 48.7 Å². The van der Waals surface area contributed by atoms with Gasteiger partial charge in [0, 0.05) is 28.9 Å². The number of nitrogens with one attached hydrogen (secondary N) is 2. The number of likely N-dealkylation sites (N-methyl/N-ethyl adjacent to an activating group) is 1. The van der Waals surface area contributed by atoms with E-state index in [4.69, 9.17) is 16.3 Å². The molecule has 2 amide bonds. The molecule has 1 aliphatic heterocycles. The van der Waals surface area contributed by atoms with Crippen molar-refractivity contribution in [1.29, 1.82) is 0 Å². The zero-order chi connectivity index (χ0) is 21.4. The van der Waals surface area contributed by atoms with Gasteiger partial charge < -0.3 is 19.9 Å². The Balaban J connectivity index is 1.75. The van der Waals surface area contributed by atoms with E-state index in [1.165, 1.54) is 35.2 Å². The molecule has 0 saturated heterocycles. The second-order valence-electron chi connectivity index (χ2n) is 6.91. The van der Waals surface area contributed by atoms with Gasteiger partial charge in [-0.25, -0.2) is 13.6 Å². The van der Waals surface area contributed by atoms with Crippen molar-refractivity contribution in [1.82, 2.24) is 9.88 Å². The maximum atomic E-state index is 14.0. The number of rotatable bonds is 3. The highest BCUT2D eigenvalue weighted by Crippen LogP contribution is 2.34. The fourth-order valence-corrected chi connectivity index (χ4v) is 3.92. The molecule has 1 aliphatic rings. The molecule has 1 aromatic heterocycles. The largest absolute Gasteiger partial charge is 0.373 e. The minimum Gasteiger partial charge on any atom is -0.373 e. The van der Waals surface area contributed by atoms with Crippen molar-refractivity contribution in [2.24, 2.45) is 0 Å². The van der Waals surface area contributed by atoms with Gasteiger partial charge in [-0.15, -0.1) is 0 Å². The van der Waals surface area contributed by atoms with Crippen LogP contribution in [0.1, 0.15) is 24.2 Å². The minimum absolute atomic E-state index is 0.110. The van der Waals surface area contributed by atoms with Gasteiger partial charge in [0.2, 0.25) is 0 Å². The number of ether oxygens (including phenoxy) is 1. The monoisotopic (exact) mass is 433 g/mol. The summed E-state index contributed by atoms with van der Waals surface area (Å²) in [7, 11) is 0. The van der Waals surface area contributed by atoms with E-state index in [2.05, 4.69) is 10.3 Å². The van der Waals surface area contributed by atoms with Gasteiger partial charge in [0.1, 0.15) is 11.6 Å². The number of hydrogen-bond acceptors (Lipinski definition) is 3. The number of aromatic amines is 1. The number of H-pyrrole nitrogens is 1. The summed E-state index contributed by atoms with van der Waals surface area (Å²) >= 11 is 5.79. The Kier molecular flexibility index (Phi) is 5.44. The first-order valence-electron chi connectivity index (χ1n) is 9.33. The van der Waals surface area contributed by atoms with Gasteiger partial charge in [0.25, 0.3) is 5.56 Å². The first-order chi connectivity index (χ1) is 14.4. The topological polar surface area (TPSA) is 74.4 Å². The van der Waals surface area contributed by atoms with Crippen LogP contribution in [-0.2, 0) is 11.3 Å². The average Bonchev–Trinajstić information content (AvgIpc) is 2.71. The van der Waals surface area contributed by atoms with E-state index in [0.29, 0.717) is 34.3 Å². The third-order valence-electron chi connectivity index (χ3n) is 5.11. The Morgan fingerprint density at radius 1 is 1.27 bits per heavy atom. The number of hydrogen-bond donors (Lipinski definition) is 2.